The molecule has 0 radical (unpaired) electrons. The number of carbonyl (C=O) groups excluding carboxylic acids is 1. The average molecular weight is 158 g/mol. The maximum atomic E-state index is 11.0. The lowest BCUT2D eigenvalue weighted by Crippen LogP contribution is -2.37. The van der Waals surface area contributed by atoms with Gasteiger partial charge in [-0.25, -0.2) is 5.43 Å². The van der Waals surface area contributed by atoms with Crippen molar-refractivity contribution in [3.8, 4) is 0 Å². The predicted octanol–water partition coefficient (Wildman–Crippen LogP) is -0.195. The van der Waals surface area contributed by atoms with Crippen LogP contribution in [0.4, 0.5) is 0 Å². The van der Waals surface area contributed by atoms with Crippen molar-refractivity contribution >= 4 is 5.97 Å². The van der Waals surface area contributed by atoms with Crippen molar-refractivity contribution in [1.82, 2.24) is 10.9 Å². The molecule has 0 bridgehead atoms. The minimum atomic E-state index is -0.187. The summed E-state index contributed by atoms with van der Waals surface area (Å²) in [5.74, 6) is -0.187. The predicted molar refractivity (Wildman–Crippen MR) is 40.8 cm³/mol. The number of hydrogen-bond donors (Lipinski definition) is 2. The Balaban J connectivity index is 2.35. The molecular formula is C7H14N2O2. The smallest absolute Gasteiger partial charge is 0.324 e. The summed E-state index contributed by atoms with van der Waals surface area (Å²) in [5, 5.41) is 0. The van der Waals surface area contributed by atoms with Crippen LogP contribution >= 0.6 is 0 Å². The lowest BCUT2D eigenvalue weighted by Gasteiger charge is -2.04. The molecule has 0 aromatic rings. The van der Waals surface area contributed by atoms with E-state index in [1.165, 1.54) is 7.11 Å². The van der Waals surface area contributed by atoms with Crippen LogP contribution in [0.1, 0.15) is 19.8 Å². The lowest BCUT2D eigenvalue weighted by atomic mass is 10.1. The van der Waals surface area contributed by atoms with Crippen LogP contribution < -0.4 is 10.9 Å². The van der Waals surface area contributed by atoms with Gasteiger partial charge in [-0.2, -0.15) is 0 Å². The molecule has 1 fully saturated rings. The van der Waals surface area contributed by atoms with E-state index in [4.69, 9.17) is 0 Å². The monoisotopic (exact) mass is 158 g/mol. The first-order chi connectivity index (χ1) is 5.27. The molecule has 1 aliphatic rings. The number of carbonyl (C=O) groups is 1. The number of hydrogen-bond acceptors (Lipinski definition) is 4. The third-order valence-electron chi connectivity index (χ3n) is 1.96. The Kier molecular flexibility index (Phi) is 2.84. The number of methoxy groups -OCH3 is 1. The minimum Gasteiger partial charge on any atom is -0.468 e. The van der Waals surface area contributed by atoms with Crippen molar-refractivity contribution in [2.24, 2.45) is 0 Å². The SMILES string of the molecule is CCC1CC(C(=O)OC)NN1. The zero-order chi connectivity index (χ0) is 8.27. The molecule has 0 amide bonds. The van der Waals surface area contributed by atoms with Crippen LogP contribution in [0.3, 0.4) is 0 Å². The van der Waals surface area contributed by atoms with Gasteiger partial charge in [-0.05, 0) is 12.8 Å². The van der Waals surface area contributed by atoms with Crippen molar-refractivity contribution in [3.05, 3.63) is 0 Å². The quantitative estimate of drug-likeness (QED) is 0.547. The molecule has 1 saturated heterocycles. The van der Waals surface area contributed by atoms with Gasteiger partial charge in [0.1, 0.15) is 6.04 Å². The van der Waals surface area contributed by atoms with Gasteiger partial charge in [0.15, 0.2) is 0 Å². The number of hydrazine groups is 1. The van der Waals surface area contributed by atoms with Gasteiger partial charge < -0.3 is 4.74 Å². The van der Waals surface area contributed by atoms with Crippen molar-refractivity contribution in [1.29, 1.82) is 0 Å². The highest BCUT2D eigenvalue weighted by Crippen LogP contribution is 2.08. The Morgan fingerprint density at radius 2 is 2.36 bits per heavy atom. The summed E-state index contributed by atoms with van der Waals surface area (Å²) >= 11 is 0. The van der Waals surface area contributed by atoms with Gasteiger partial charge in [0.25, 0.3) is 0 Å². The second kappa shape index (κ2) is 3.69. The molecule has 2 unspecified atom stereocenters. The molecule has 0 saturated carbocycles. The third kappa shape index (κ3) is 1.91. The van der Waals surface area contributed by atoms with Crippen LogP contribution in [-0.2, 0) is 9.53 Å². The van der Waals surface area contributed by atoms with Crippen molar-refractivity contribution in [3.63, 3.8) is 0 Å². The molecule has 11 heavy (non-hydrogen) atoms. The van der Waals surface area contributed by atoms with Crippen molar-refractivity contribution in [2.75, 3.05) is 7.11 Å². The lowest BCUT2D eigenvalue weighted by molar-refractivity contribution is -0.142. The Morgan fingerprint density at radius 1 is 1.64 bits per heavy atom. The van der Waals surface area contributed by atoms with Crippen molar-refractivity contribution in [2.45, 2.75) is 31.8 Å². The van der Waals surface area contributed by atoms with Crippen LogP contribution in [0.25, 0.3) is 0 Å². The number of ether oxygens (including phenoxy) is 1. The van der Waals surface area contributed by atoms with Crippen LogP contribution in [0.2, 0.25) is 0 Å². The molecule has 1 heterocycles. The molecule has 4 heteroatoms. The molecule has 0 spiro atoms. The molecule has 1 aliphatic heterocycles. The topological polar surface area (TPSA) is 50.4 Å². The van der Waals surface area contributed by atoms with E-state index < -0.39 is 0 Å². The first kappa shape index (κ1) is 8.49. The fraction of sp³-hybridized carbons (Fsp3) is 0.857. The molecule has 64 valence electrons. The molecule has 4 nitrogen and oxygen atoms in total. The maximum Gasteiger partial charge on any atom is 0.324 e. The van der Waals surface area contributed by atoms with E-state index in [9.17, 15) is 4.79 Å². The summed E-state index contributed by atoms with van der Waals surface area (Å²) in [5.41, 5.74) is 5.90. The standard InChI is InChI=1S/C7H14N2O2/c1-3-5-4-6(9-8-5)7(10)11-2/h5-6,8-9H,3-4H2,1-2H3. The van der Waals surface area contributed by atoms with Crippen LogP contribution in [-0.4, -0.2) is 25.2 Å². The Morgan fingerprint density at radius 3 is 2.82 bits per heavy atom. The van der Waals surface area contributed by atoms with Crippen LogP contribution in [0, 0.1) is 0 Å². The van der Waals surface area contributed by atoms with Gasteiger partial charge in [-0.1, -0.05) is 6.92 Å². The Hall–Kier alpha value is -0.610. The fourth-order valence-corrected chi connectivity index (χ4v) is 1.19. The highest BCUT2D eigenvalue weighted by atomic mass is 16.5. The van der Waals surface area contributed by atoms with E-state index in [2.05, 4.69) is 22.5 Å². The molecule has 0 aliphatic carbocycles. The van der Waals surface area contributed by atoms with E-state index >= 15 is 0 Å². The van der Waals surface area contributed by atoms with Gasteiger partial charge in [0.2, 0.25) is 0 Å². The first-order valence-electron chi connectivity index (χ1n) is 3.86. The van der Waals surface area contributed by atoms with E-state index in [0.717, 1.165) is 12.8 Å². The Labute approximate surface area is 66.3 Å². The van der Waals surface area contributed by atoms with E-state index in [-0.39, 0.29) is 12.0 Å². The molecule has 0 aromatic heterocycles. The van der Waals surface area contributed by atoms with E-state index in [1.807, 2.05) is 0 Å². The molecule has 1 rings (SSSR count). The number of rotatable bonds is 2. The largest absolute Gasteiger partial charge is 0.468 e. The van der Waals surface area contributed by atoms with Gasteiger partial charge >= 0.3 is 5.97 Å². The summed E-state index contributed by atoms with van der Waals surface area (Å²) in [6.45, 7) is 2.08. The first-order valence-corrected chi connectivity index (χ1v) is 3.86. The van der Waals surface area contributed by atoms with E-state index in [0.29, 0.717) is 6.04 Å². The summed E-state index contributed by atoms with van der Waals surface area (Å²) < 4.78 is 4.59. The molecule has 2 atom stereocenters. The van der Waals surface area contributed by atoms with Crippen LogP contribution in [0.15, 0.2) is 0 Å². The minimum absolute atomic E-state index is 0.162. The molecule has 0 aromatic carbocycles. The van der Waals surface area contributed by atoms with Crippen LogP contribution in [0.5, 0.6) is 0 Å². The summed E-state index contributed by atoms with van der Waals surface area (Å²) in [7, 11) is 1.41. The van der Waals surface area contributed by atoms with Crippen molar-refractivity contribution < 1.29 is 9.53 Å². The summed E-state index contributed by atoms with van der Waals surface area (Å²) in [4.78, 5) is 11.0. The van der Waals surface area contributed by atoms with Gasteiger partial charge in [0, 0.05) is 6.04 Å². The zero-order valence-corrected chi connectivity index (χ0v) is 6.89. The normalized spacial score (nSPS) is 30.4. The molecular weight excluding hydrogens is 144 g/mol. The maximum absolute atomic E-state index is 11.0. The summed E-state index contributed by atoms with van der Waals surface area (Å²) in [6.07, 6.45) is 1.85. The third-order valence-corrected chi connectivity index (χ3v) is 1.96. The van der Waals surface area contributed by atoms with Gasteiger partial charge in [0.05, 0.1) is 7.11 Å². The number of esters is 1. The van der Waals surface area contributed by atoms with Gasteiger partial charge in [-0.3, -0.25) is 10.2 Å². The summed E-state index contributed by atoms with van der Waals surface area (Å²) in [6, 6.07) is 0.240. The van der Waals surface area contributed by atoms with E-state index in [1.54, 1.807) is 0 Å². The number of nitrogens with one attached hydrogen (secondary N) is 2. The highest BCUT2D eigenvalue weighted by molar-refractivity contribution is 5.75. The second-order valence-corrected chi connectivity index (χ2v) is 2.71. The Bertz CT molecular complexity index is 149. The fourth-order valence-electron chi connectivity index (χ4n) is 1.19. The molecule has 2 N–H and O–H groups in total. The highest BCUT2D eigenvalue weighted by Gasteiger charge is 2.28. The second-order valence-electron chi connectivity index (χ2n) is 2.71. The average Bonchev–Trinajstić information content (AvgIpc) is 2.50. The van der Waals surface area contributed by atoms with Gasteiger partial charge in [-0.15, -0.1) is 0 Å². The zero-order valence-electron chi connectivity index (χ0n) is 6.89.